The molecule has 0 bridgehead atoms. The van der Waals surface area contributed by atoms with Gasteiger partial charge in [-0.05, 0) is 36.6 Å². The Morgan fingerprint density at radius 2 is 1.96 bits per heavy atom. The van der Waals surface area contributed by atoms with E-state index in [9.17, 15) is 20.0 Å². The van der Waals surface area contributed by atoms with Gasteiger partial charge in [-0.25, -0.2) is 0 Å². The highest BCUT2D eigenvalue weighted by Crippen LogP contribution is 2.29. The van der Waals surface area contributed by atoms with Gasteiger partial charge in [0.1, 0.15) is 0 Å². The highest BCUT2D eigenvalue weighted by atomic mass is 16.6. The van der Waals surface area contributed by atoms with E-state index in [0.29, 0.717) is 16.9 Å². The molecule has 1 heterocycles. The SMILES string of the molecule is O=C(Nc1cccc(CO)c1)c1cc([N+](=O)[O-])ccc1N1CCCC1. The Hall–Kier alpha value is -2.93. The zero-order chi connectivity index (χ0) is 17.8. The van der Waals surface area contributed by atoms with Crippen LogP contribution in [0.2, 0.25) is 0 Å². The molecule has 3 rings (SSSR count). The molecule has 7 heteroatoms. The fourth-order valence-electron chi connectivity index (χ4n) is 3.00. The van der Waals surface area contributed by atoms with Gasteiger partial charge in [-0.1, -0.05) is 12.1 Å². The number of nitrogens with one attached hydrogen (secondary N) is 1. The molecule has 2 N–H and O–H groups in total. The van der Waals surface area contributed by atoms with E-state index in [1.807, 2.05) is 0 Å². The minimum absolute atomic E-state index is 0.114. The van der Waals surface area contributed by atoms with Crippen molar-refractivity contribution in [2.24, 2.45) is 0 Å². The largest absolute Gasteiger partial charge is 0.392 e. The predicted octanol–water partition coefficient (Wildman–Crippen LogP) is 2.94. The summed E-state index contributed by atoms with van der Waals surface area (Å²) in [6.45, 7) is 1.54. The molecule has 0 aromatic heterocycles. The molecule has 0 atom stereocenters. The van der Waals surface area contributed by atoms with Gasteiger partial charge in [-0.2, -0.15) is 0 Å². The van der Waals surface area contributed by atoms with Crippen molar-refractivity contribution in [3.05, 3.63) is 63.7 Å². The van der Waals surface area contributed by atoms with Crippen molar-refractivity contribution in [3.8, 4) is 0 Å². The second-order valence-corrected chi connectivity index (χ2v) is 5.97. The third kappa shape index (κ3) is 3.77. The van der Waals surface area contributed by atoms with Crippen LogP contribution in [0.4, 0.5) is 17.1 Å². The van der Waals surface area contributed by atoms with Gasteiger partial charge in [0.05, 0.1) is 22.8 Å². The number of amides is 1. The van der Waals surface area contributed by atoms with Crippen LogP contribution in [0.1, 0.15) is 28.8 Å². The molecule has 1 fully saturated rings. The zero-order valence-electron chi connectivity index (χ0n) is 13.6. The van der Waals surface area contributed by atoms with E-state index in [1.54, 1.807) is 30.3 Å². The summed E-state index contributed by atoms with van der Waals surface area (Å²) in [7, 11) is 0. The molecule has 1 saturated heterocycles. The van der Waals surface area contributed by atoms with Gasteiger partial charge in [0.25, 0.3) is 11.6 Å². The first-order chi connectivity index (χ1) is 12.1. The molecule has 0 saturated carbocycles. The number of benzene rings is 2. The van der Waals surface area contributed by atoms with Crippen LogP contribution >= 0.6 is 0 Å². The molecular weight excluding hydrogens is 322 g/mol. The third-order valence-corrected chi connectivity index (χ3v) is 4.25. The number of rotatable bonds is 5. The molecule has 7 nitrogen and oxygen atoms in total. The first-order valence-electron chi connectivity index (χ1n) is 8.13. The Morgan fingerprint density at radius 1 is 1.20 bits per heavy atom. The summed E-state index contributed by atoms with van der Waals surface area (Å²) in [4.78, 5) is 25.4. The van der Waals surface area contributed by atoms with Crippen molar-refractivity contribution in [2.45, 2.75) is 19.4 Å². The molecule has 0 radical (unpaired) electrons. The van der Waals surface area contributed by atoms with Crippen LogP contribution in [-0.4, -0.2) is 29.0 Å². The molecule has 0 aliphatic carbocycles. The number of anilines is 2. The number of non-ortho nitro benzene ring substituents is 1. The van der Waals surface area contributed by atoms with Gasteiger partial charge in [0.2, 0.25) is 0 Å². The molecule has 2 aromatic carbocycles. The second-order valence-electron chi connectivity index (χ2n) is 5.97. The molecule has 0 unspecified atom stereocenters. The van der Waals surface area contributed by atoms with E-state index >= 15 is 0 Å². The Labute approximate surface area is 145 Å². The van der Waals surface area contributed by atoms with E-state index in [0.717, 1.165) is 25.9 Å². The molecule has 1 aliphatic heterocycles. The van der Waals surface area contributed by atoms with E-state index in [-0.39, 0.29) is 17.9 Å². The summed E-state index contributed by atoms with van der Waals surface area (Å²) in [6, 6.07) is 11.3. The molecule has 2 aromatic rings. The van der Waals surface area contributed by atoms with Crippen LogP contribution in [0, 0.1) is 10.1 Å². The lowest BCUT2D eigenvalue weighted by molar-refractivity contribution is -0.384. The number of hydrogen-bond acceptors (Lipinski definition) is 5. The summed E-state index contributed by atoms with van der Waals surface area (Å²) >= 11 is 0. The van der Waals surface area contributed by atoms with Crippen LogP contribution in [0.5, 0.6) is 0 Å². The number of carbonyl (C=O) groups is 1. The lowest BCUT2D eigenvalue weighted by Crippen LogP contribution is -2.23. The maximum absolute atomic E-state index is 12.7. The number of aliphatic hydroxyl groups is 1. The Bertz CT molecular complexity index is 801. The average Bonchev–Trinajstić information content (AvgIpc) is 3.15. The lowest BCUT2D eigenvalue weighted by Gasteiger charge is -2.21. The van der Waals surface area contributed by atoms with E-state index in [4.69, 9.17) is 0 Å². The highest BCUT2D eigenvalue weighted by molar-refractivity contribution is 6.08. The average molecular weight is 341 g/mol. The second kappa shape index (κ2) is 7.31. The van der Waals surface area contributed by atoms with Crippen LogP contribution in [0.3, 0.4) is 0 Å². The first-order valence-corrected chi connectivity index (χ1v) is 8.13. The number of nitrogens with zero attached hydrogens (tertiary/aromatic N) is 2. The van der Waals surface area contributed by atoms with Crippen molar-refractivity contribution >= 4 is 23.0 Å². The number of nitro benzene ring substituents is 1. The lowest BCUT2D eigenvalue weighted by atomic mass is 10.1. The third-order valence-electron chi connectivity index (χ3n) is 4.25. The van der Waals surface area contributed by atoms with Gasteiger partial charge >= 0.3 is 0 Å². The van der Waals surface area contributed by atoms with Crippen LogP contribution in [0.15, 0.2) is 42.5 Å². The monoisotopic (exact) mass is 341 g/mol. The van der Waals surface area contributed by atoms with Crippen molar-refractivity contribution in [2.75, 3.05) is 23.3 Å². The van der Waals surface area contributed by atoms with Crippen LogP contribution in [-0.2, 0) is 6.61 Å². The topological polar surface area (TPSA) is 95.7 Å². The number of hydrogen-bond donors (Lipinski definition) is 2. The molecule has 130 valence electrons. The number of nitro groups is 1. The summed E-state index contributed by atoms with van der Waals surface area (Å²) in [6.07, 6.45) is 2.08. The maximum atomic E-state index is 12.7. The van der Waals surface area contributed by atoms with Crippen LogP contribution < -0.4 is 10.2 Å². The highest BCUT2D eigenvalue weighted by Gasteiger charge is 2.22. The number of carbonyl (C=O) groups excluding carboxylic acids is 1. The Morgan fingerprint density at radius 3 is 2.64 bits per heavy atom. The molecule has 0 spiro atoms. The van der Waals surface area contributed by atoms with Crippen molar-refractivity contribution < 1.29 is 14.8 Å². The number of aliphatic hydroxyl groups excluding tert-OH is 1. The quantitative estimate of drug-likeness (QED) is 0.644. The van der Waals surface area contributed by atoms with E-state index in [2.05, 4.69) is 10.2 Å². The minimum Gasteiger partial charge on any atom is -0.392 e. The summed E-state index contributed by atoms with van der Waals surface area (Å²) in [5, 5.41) is 23.1. The van der Waals surface area contributed by atoms with Gasteiger partial charge in [0.15, 0.2) is 0 Å². The van der Waals surface area contributed by atoms with Gasteiger partial charge < -0.3 is 15.3 Å². The smallest absolute Gasteiger partial charge is 0.270 e. The normalized spacial score (nSPS) is 13.7. The molecular formula is C18H19N3O4. The van der Waals surface area contributed by atoms with Gasteiger partial charge in [-0.3, -0.25) is 14.9 Å². The molecule has 1 aliphatic rings. The maximum Gasteiger partial charge on any atom is 0.270 e. The zero-order valence-corrected chi connectivity index (χ0v) is 13.6. The summed E-state index contributed by atoms with van der Waals surface area (Å²) in [5.41, 5.74) is 2.09. The standard InChI is InChI=1S/C18H19N3O4/c22-12-13-4-3-5-14(10-13)19-18(23)16-11-15(21(24)25)6-7-17(16)20-8-1-2-9-20/h3-7,10-11,22H,1-2,8-9,12H2,(H,19,23). The van der Waals surface area contributed by atoms with Crippen molar-refractivity contribution in [1.82, 2.24) is 0 Å². The Balaban J connectivity index is 1.93. The van der Waals surface area contributed by atoms with Crippen LogP contribution in [0.25, 0.3) is 0 Å². The van der Waals surface area contributed by atoms with Gasteiger partial charge in [0, 0.05) is 30.9 Å². The van der Waals surface area contributed by atoms with Crippen molar-refractivity contribution in [1.29, 1.82) is 0 Å². The Kier molecular flexibility index (Phi) is 4.95. The van der Waals surface area contributed by atoms with E-state index in [1.165, 1.54) is 12.1 Å². The molecule has 1 amide bonds. The minimum atomic E-state index is -0.503. The first kappa shape index (κ1) is 16.9. The van der Waals surface area contributed by atoms with E-state index < -0.39 is 10.8 Å². The fourth-order valence-corrected chi connectivity index (χ4v) is 3.00. The summed E-state index contributed by atoms with van der Waals surface area (Å²) < 4.78 is 0. The van der Waals surface area contributed by atoms with Gasteiger partial charge in [-0.15, -0.1) is 0 Å². The predicted molar refractivity (Wildman–Crippen MR) is 94.9 cm³/mol. The summed E-state index contributed by atoms with van der Waals surface area (Å²) in [5.74, 6) is -0.402. The fraction of sp³-hybridized carbons (Fsp3) is 0.278. The molecule has 25 heavy (non-hydrogen) atoms. The van der Waals surface area contributed by atoms with Crippen molar-refractivity contribution in [3.63, 3.8) is 0 Å².